The zero-order chi connectivity index (χ0) is 15.5. The number of benzene rings is 1. The molecule has 1 fully saturated rings. The molecular formula is C16H15Cl2N3O. The summed E-state index contributed by atoms with van der Waals surface area (Å²) in [7, 11) is 0. The second kappa shape index (κ2) is 6.65. The van der Waals surface area contributed by atoms with Crippen molar-refractivity contribution >= 4 is 29.1 Å². The van der Waals surface area contributed by atoms with Gasteiger partial charge in [-0.05, 0) is 29.8 Å². The molecule has 22 heavy (non-hydrogen) atoms. The zero-order valence-electron chi connectivity index (χ0n) is 11.8. The highest BCUT2D eigenvalue weighted by molar-refractivity contribution is 6.35. The molecule has 1 N–H and O–H groups in total. The molecule has 1 unspecified atom stereocenters. The van der Waals surface area contributed by atoms with Crippen molar-refractivity contribution in [3.8, 4) is 0 Å². The summed E-state index contributed by atoms with van der Waals surface area (Å²) in [5.74, 6) is -0.0697. The van der Waals surface area contributed by atoms with Crippen LogP contribution >= 0.6 is 23.2 Å². The first kappa shape index (κ1) is 15.3. The van der Waals surface area contributed by atoms with Crippen LogP contribution in [0.5, 0.6) is 0 Å². The number of halogens is 2. The Morgan fingerprint density at radius 2 is 2.05 bits per heavy atom. The molecule has 1 aromatic heterocycles. The van der Waals surface area contributed by atoms with Crippen molar-refractivity contribution < 1.29 is 4.79 Å². The van der Waals surface area contributed by atoms with Crippen LogP contribution in [0, 0.1) is 0 Å². The molecule has 0 aliphatic carbocycles. The predicted octanol–water partition coefficient (Wildman–Crippen LogP) is 3.18. The summed E-state index contributed by atoms with van der Waals surface area (Å²) in [6.07, 6.45) is 3.52. The van der Waals surface area contributed by atoms with Crippen LogP contribution in [0.15, 0.2) is 42.7 Å². The average Bonchev–Trinajstić information content (AvgIpc) is 2.54. The monoisotopic (exact) mass is 335 g/mol. The second-order valence-electron chi connectivity index (χ2n) is 5.16. The maximum Gasteiger partial charge on any atom is 0.254 e. The first-order valence-electron chi connectivity index (χ1n) is 7.03. The molecule has 0 radical (unpaired) electrons. The Kier molecular flexibility index (Phi) is 4.62. The summed E-state index contributed by atoms with van der Waals surface area (Å²) >= 11 is 12.0. The maximum absolute atomic E-state index is 12.8. The molecule has 0 saturated carbocycles. The Bertz CT molecular complexity index is 658. The number of nitrogens with zero attached hydrogens (tertiary/aromatic N) is 2. The van der Waals surface area contributed by atoms with Gasteiger partial charge in [-0.1, -0.05) is 29.3 Å². The highest BCUT2D eigenvalue weighted by Gasteiger charge is 2.29. The molecule has 114 valence electrons. The van der Waals surface area contributed by atoms with Gasteiger partial charge in [-0.15, -0.1) is 0 Å². The molecule has 0 spiro atoms. The van der Waals surface area contributed by atoms with E-state index in [1.807, 2.05) is 17.0 Å². The minimum atomic E-state index is -0.0697. The molecule has 1 aromatic carbocycles. The van der Waals surface area contributed by atoms with Crippen molar-refractivity contribution in [1.82, 2.24) is 15.2 Å². The highest BCUT2D eigenvalue weighted by Crippen LogP contribution is 2.26. The Morgan fingerprint density at radius 1 is 1.27 bits per heavy atom. The van der Waals surface area contributed by atoms with Gasteiger partial charge in [-0.2, -0.15) is 0 Å². The summed E-state index contributed by atoms with van der Waals surface area (Å²) in [5.41, 5.74) is 1.52. The van der Waals surface area contributed by atoms with E-state index in [0.29, 0.717) is 28.7 Å². The van der Waals surface area contributed by atoms with Gasteiger partial charge >= 0.3 is 0 Å². The van der Waals surface area contributed by atoms with Gasteiger partial charge in [0.25, 0.3) is 5.91 Å². The molecule has 1 aliphatic rings. The van der Waals surface area contributed by atoms with Crippen molar-refractivity contribution in [3.63, 3.8) is 0 Å². The third kappa shape index (κ3) is 3.24. The van der Waals surface area contributed by atoms with Gasteiger partial charge in [-0.3, -0.25) is 9.78 Å². The van der Waals surface area contributed by atoms with E-state index in [1.165, 1.54) is 0 Å². The van der Waals surface area contributed by atoms with E-state index in [0.717, 1.165) is 12.1 Å². The molecule has 1 amide bonds. The van der Waals surface area contributed by atoms with Crippen LogP contribution in [-0.4, -0.2) is 35.4 Å². The summed E-state index contributed by atoms with van der Waals surface area (Å²) in [6, 6.07) is 8.73. The van der Waals surface area contributed by atoms with Crippen LogP contribution in [0.2, 0.25) is 10.0 Å². The van der Waals surface area contributed by atoms with Gasteiger partial charge < -0.3 is 10.2 Å². The summed E-state index contributed by atoms with van der Waals surface area (Å²) < 4.78 is 0. The fourth-order valence-electron chi connectivity index (χ4n) is 2.66. The molecule has 2 aromatic rings. The van der Waals surface area contributed by atoms with Crippen LogP contribution in [0.1, 0.15) is 22.0 Å². The number of carbonyl (C=O) groups is 1. The third-order valence-electron chi connectivity index (χ3n) is 3.68. The summed E-state index contributed by atoms with van der Waals surface area (Å²) in [4.78, 5) is 18.8. The Labute approximate surface area is 139 Å². The van der Waals surface area contributed by atoms with Crippen LogP contribution in [0.4, 0.5) is 0 Å². The van der Waals surface area contributed by atoms with E-state index in [1.54, 1.807) is 30.6 Å². The number of pyridine rings is 1. The minimum absolute atomic E-state index is 0.0484. The van der Waals surface area contributed by atoms with E-state index in [2.05, 4.69) is 10.3 Å². The van der Waals surface area contributed by atoms with Gasteiger partial charge in [0, 0.05) is 47.6 Å². The number of rotatable bonds is 2. The Morgan fingerprint density at radius 3 is 2.73 bits per heavy atom. The first-order chi connectivity index (χ1) is 10.6. The quantitative estimate of drug-likeness (QED) is 0.916. The topological polar surface area (TPSA) is 45.2 Å². The van der Waals surface area contributed by atoms with E-state index < -0.39 is 0 Å². The van der Waals surface area contributed by atoms with Crippen molar-refractivity contribution in [2.75, 3.05) is 19.6 Å². The van der Waals surface area contributed by atoms with E-state index in [9.17, 15) is 4.79 Å². The number of nitrogens with one attached hydrogen (secondary N) is 1. The van der Waals surface area contributed by atoms with Crippen LogP contribution < -0.4 is 5.32 Å². The summed E-state index contributed by atoms with van der Waals surface area (Å²) in [5, 5.41) is 4.24. The van der Waals surface area contributed by atoms with Crippen LogP contribution in [0.25, 0.3) is 0 Å². The molecular weight excluding hydrogens is 321 g/mol. The number of amides is 1. The molecule has 4 nitrogen and oxygen atoms in total. The largest absolute Gasteiger partial charge is 0.329 e. The lowest BCUT2D eigenvalue weighted by molar-refractivity contribution is 0.0634. The first-order valence-corrected chi connectivity index (χ1v) is 7.78. The lowest BCUT2D eigenvalue weighted by atomic mass is 10.0. The third-order valence-corrected chi connectivity index (χ3v) is 4.12. The number of hydrogen-bond acceptors (Lipinski definition) is 3. The van der Waals surface area contributed by atoms with Crippen LogP contribution in [0.3, 0.4) is 0 Å². The fourth-order valence-corrected chi connectivity index (χ4v) is 3.19. The molecule has 1 aliphatic heterocycles. The minimum Gasteiger partial charge on any atom is -0.329 e. The SMILES string of the molecule is O=C(c1cc(Cl)cc(Cl)c1)N1CCNCC1c1cccnc1. The van der Waals surface area contributed by atoms with E-state index in [-0.39, 0.29) is 11.9 Å². The Balaban J connectivity index is 1.91. The van der Waals surface area contributed by atoms with Crippen molar-refractivity contribution in [1.29, 1.82) is 0 Å². The summed E-state index contributed by atoms with van der Waals surface area (Å²) in [6.45, 7) is 2.09. The molecule has 3 rings (SSSR count). The van der Waals surface area contributed by atoms with Crippen LogP contribution in [-0.2, 0) is 0 Å². The molecule has 1 atom stereocenters. The Hall–Kier alpha value is -1.62. The van der Waals surface area contributed by atoms with Crippen molar-refractivity contribution in [2.24, 2.45) is 0 Å². The van der Waals surface area contributed by atoms with Crippen molar-refractivity contribution in [2.45, 2.75) is 6.04 Å². The number of aromatic nitrogens is 1. The maximum atomic E-state index is 12.8. The highest BCUT2D eigenvalue weighted by atomic mass is 35.5. The van der Waals surface area contributed by atoms with Gasteiger partial charge in [0.2, 0.25) is 0 Å². The predicted molar refractivity (Wildman–Crippen MR) is 87.3 cm³/mol. The van der Waals surface area contributed by atoms with Gasteiger partial charge in [0.1, 0.15) is 0 Å². The van der Waals surface area contributed by atoms with Gasteiger partial charge in [-0.25, -0.2) is 0 Å². The second-order valence-corrected chi connectivity index (χ2v) is 6.04. The zero-order valence-corrected chi connectivity index (χ0v) is 13.3. The van der Waals surface area contributed by atoms with E-state index in [4.69, 9.17) is 23.2 Å². The van der Waals surface area contributed by atoms with E-state index >= 15 is 0 Å². The standard InChI is InChI=1S/C16H15Cl2N3O/c17-13-6-12(7-14(18)8-13)16(22)21-5-4-20-10-15(21)11-2-1-3-19-9-11/h1-3,6-9,15,20H,4-5,10H2. The van der Waals surface area contributed by atoms with Crippen molar-refractivity contribution in [3.05, 3.63) is 63.9 Å². The number of piperazine rings is 1. The van der Waals surface area contributed by atoms with Gasteiger partial charge in [0.05, 0.1) is 6.04 Å². The molecule has 6 heteroatoms. The smallest absolute Gasteiger partial charge is 0.254 e. The molecule has 1 saturated heterocycles. The fraction of sp³-hybridized carbons (Fsp3) is 0.250. The lowest BCUT2D eigenvalue weighted by Gasteiger charge is -2.36. The average molecular weight is 336 g/mol. The molecule has 0 bridgehead atoms. The lowest BCUT2D eigenvalue weighted by Crippen LogP contribution is -2.48. The number of hydrogen-bond donors (Lipinski definition) is 1. The normalized spacial score (nSPS) is 18.3. The molecule has 2 heterocycles. The van der Waals surface area contributed by atoms with Gasteiger partial charge in [0.15, 0.2) is 0 Å². The number of carbonyl (C=O) groups excluding carboxylic acids is 1.